The maximum Gasteiger partial charge on any atom is 0.0456 e. The summed E-state index contributed by atoms with van der Waals surface area (Å²) < 4.78 is 0. The average Bonchev–Trinajstić information content (AvgIpc) is 2.12. The summed E-state index contributed by atoms with van der Waals surface area (Å²) in [5.41, 5.74) is 1.44. The van der Waals surface area contributed by atoms with Crippen LogP contribution in [0.25, 0.3) is 0 Å². The molecule has 0 amide bonds. The van der Waals surface area contributed by atoms with E-state index < -0.39 is 8.07 Å². The minimum atomic E-state index is -0.873. The van der Waals surface area contributed by atoms with Crippen LogP contribution in [0.5, 0.6) is 0 Å². The van der Waals surface area contributed by atoms with Gasteiger partial charge in [0.2, 0.25) is 0 Å². The van der Waals surface area contributed by atoms with Crippen LogP contribution in [-0.4, -0.2) is 8.07 Å². The van der Waals surface area contributed by atoms with E-state index in [-0.39, 0.29) is 51.4 Å². The first kappa shape index (κ1) is 29.5. The molecule has 0 bridgehead atoms. The normalized spacial score (nSPS) is 11.8. The number of hydrogen-bond acceptors (Lipinski definition) is 0. The Kier molecular flexibility index (Phi) is 24.6. The number of allylic oxidation sites excluding steroid dienone is 4. The second-order valence-electron chi connectivity index (χ2n) is 4.05. The van der Waals surface area contributed by atoms with Gasteiger partial charge in [0.1, 0.15) is 0 Å². The molecule has 0 aromatic rings. The molecule has 1 rings (SSSR count). The van der Waals surface area contributed by atoms with Crippen LogP contribution in [-0.2, 0) is 21.7 Å². The topological polar surface area (TPSA) is 0 Å². The van der Waals surface area contributed by atoms with Crippen LogP contribution in [0.4, 0.5) is 0 Å². The first-order valence-corrected chi connectivity index (χ1v) is 7.55. The van der Waals surface area contributed by atoms with Crippen LogP contribution < -0.4 is 0 Å². The Morgan fingerprint density at radius 1 is 1.13 bits per heavy atom. The molecular weight excluding hydrogens is 232 g/mol. The van der Waals surface area contributed by atoms with Crippen molar-refractivity contribution in [2.75, 3.05) is 0 Å². The largest absolute Gasteiger partial charge is 0.358 e. The van der Waals surface area contributed by atoms with Crippen molar-refractivity contribution in [2.24, 2.45) is 0 Å². The molecule has 0 aromatic carbocycles. The van der Waals surface area contributed by atoms with Gasteiger partial charge in [0.05, 0.1) is 0 Å². The monoisotopic (exact) mass is 259 g/mol. The molecule has 2 heteroatoms. The molecule has 0 saturated carbocycles. The van der Waals surface area contributed by atoms with E-state index in [9.17, 15) is 0 Å². The van der Waals surface area contributed by atoms with Crippen LogP contribution in [0.1, 0.15) is 6.42 Å². The van der Waals surface area contributed by atoms with Crippen LogP contribution in [0, 0.1) is 35.8 Å². The minimum Gasteiger partial charge on any atom is -0.358 e. The van der Waals surface area contributed by atoms with Gasteiger partial charge in [-0.15, -0.1) is 6.42 Å². The molecule has 0 fully saturated rings. The molecule has 0 atom stereocenters. The van der Waals surface area contributed by atoms with Crippen molar-refractivity contribution < 1.29 is 21.7 Å². The summed E-state index contributed by atoms with van der Waals surface area (Å²) >= 11 is 0. The number of rotatable bonds is 2. The van der Waals surface area contributed by atoms with Crippen molar-refractivity contribution in [1.82, 2.24) is 0 Å². The van der Waals surface area contributed by atoms with E-state index in [1.54, 1.807) is 0 Å². The fourth-order valence-electron chi connectivity index (χ4n) is 1.14. The van der Waals surface area contributed by atoms with Gasteiger partial charge in [-0.25, -0.2) is 11.6 Å². The maximum atomic E-state index is 3.35. The molecule has 0 nitrogen and oxygen atoms in total. The minimum absolute atomic E-state index is 0. The molecular formula is C13H27SiTi-5. The molecule has 0 N–H and O–H groups in total. The van der Waals surface area contributed by atoms with E-state index in [2.05, 4.69) is 37.9 Å². The summed E-state index contributed by atoms with van der Waals surface area (Å²) in [6, 6.07) is 1.30. The fourth-order valence-corrected chi connectivity index (χ4v) is 2.53. The van der Waals surface area contributed by atoms with E-state index in [1.807, 2.05) is 0 Å². The van der Waals surface area contributed by atoms with Gasteiger partial charge in [-0.2, -0.15) is 6.08 Å². The summed E-state index contributed by atoms with van der Waals surface area (Å²) in [5.74, 6) is 0. The molecule has 15 heavy (non-hydrogen) atoms. The summed E-state index contributed by atoms with van der Waals surface area (Å²) in [4.78, 5) is 0. The molecule has 1 aliphatic rings. The Hall–Kier alpha value is 0.411. The van der Waals surface area contributed by atoms with Gasteiger partial charge in [0.25, 0.3) is 0 Å². The smallest absolute Gasteiger partial charge is 0.0456 e. The maximum absolute atomic E-state index is 3.35. The fraction of sp³-hybridized carbons (Fsp3) is 0.385. The molecule has 0 heterocycles. The van der Waals surface area contributed by atoms with Gasteiger partial charge in [0.15, 0.2) is 0 Å². The van der Waals surface area contributed by atoms with Gasteiger partial charge < -0.3 is 29.7 Å². The van der Waals surface area contributed by atoms with Gasteiger partial charge >= 0.3 is 0 Å². The molecule has 0 aliphatic heterocycles. The molecule has 0 radical (unpaired) electrons. The Labute approximate surface area is 115 Å². The van der Waals surface area contributed by atoms with Crippen molar-refractivity contribution in [1.29, 1.82) is 0 Å². The average molecular weight is 259 g/mol. The van der Waals surface area contributed by atoms with Gasteiger partial charge in [0, 0.05) is 29.8 Å². The Bertz CT molecular complexity index is 175. The predicted molar refractivity (Wildman–Crippen MR) is 74.3 cm³/mol. The molecule has 0 saturated heterocycles. The van der Waals surface area contributed by atoms with Gasteiger partial charge in [-0.05, 0) is 0 Å². The van der Waals surface area contributed by atoms with Crippen LogP contribution in [0.2, 0.25) is 25.7 Å². The van der Waals surface area contributed by atoms with E-state index in [0.29, 0.717) is 0 Å². The second-order valence-corrected chi connectivity index (χ2v) is 9.52. The molecule has 0 spiro atoms. The first-order chi connectivity index (χ1) is 4.58. The van der Waals surface area contributed by atoms with E-state index in [4.69, 9.17) is 0 Å². The third kappa shape index (κ3) is 14.4. The standard InChI is InChI=1S/C9H15Si.4CH3.Ti/c1-10(2,3)8-9-6-4-5-7-9;;;;;/h4,6H,5,8H2,1-3H3;4*1H3;/q5*-1;. The summed E-state index contributed by atoms with van der Waals surface area (Å²) in [6.07, 6.45) is 8.81. The van der Waals surface area contributed by atoms with Crippen LogP contribution in [0.15, 0.2) is 17.7 Å². The molecule has 0 unspecified atom stereocenters. The Balaban J connectivity index is -0.0000000667. The molecule has 0 aromatic heterocycles. The molecule has 1 aliphatic carbocycles. The molecule has 92 valence electrons. The van der Waals surface area contributed by atoms with Crippen LogP contribution in [0.3, 0.4) is 0 Å². The zero-order valence-electron chi connectivity index (χ0n) is 11.6. The van der Waals surface area contributed by atoms with Crippen molar-refractivity contribution >= 4 is 8.07 Å². The van der Waals surface area contributed by atoms with Crippen molar-refractivity contribution in [3.63, 3.8) is 0 Å². The zero-order valence-corrected chi connectivity index (χ0v) is 14.1. The number of hydrogen-bond donors (Lipinski definition) is 0. The summed E-state index contributed by atoms with van der Waals surface area (Å²) in [7, 11) is -0.873. The quantitative estimate of drug-likeness (QED) is 0.493. The Morgan fingerprint density at radius 3 is 1.87 bits per heavy atom. The SMILES string of the molecule is C[Si](C)(C)CC1=[C-]CC=C1.[CH3-].[CH3-].[CH3-].[CH3-].[Ti]. The van der Waals surface area contributed by atoms with E-state index in [1.165, 1.54) is 11.6 Å². The third-order valence-electron chi connectivity index (χ3n) is 1.49. The summed E-state index contributed by atoms with van der Waals surface area (Å²) in [5, 5.41) is 0. The predicted octanol–water partition coefficient (Wildman–Crippen LogP) is 4.81. The van der Waals surface area contributed by atoms with Crippen molar-refractivity contribution in [3.8, 4) is 0 Å². The van der Waals surface area contributed by atoms with Crippen molar-refractivity contribution in [3.05, 3.63) is 53.5 Å². The third-order valence-corrected chi connectivity index (χ3v) is 2.93. The zero-order chi connectivity index (χ0) is 7.61. The van der Waals surface area contributed by atoms with Crippen LogP contribution >= 0.6 is 0 Å². The van der Waals surface area contributed by atoms with E-state index in [0.717, 1.165) is 6.42 Å². The van der Waals surface area contributed by atoms with Crippen molar-refractivity contribution in [2.45, 2.75) is 32.1 Å². The van der Waals surface area contributed by atoms with Gasteiger partial charge in [-0.3, -0.25) is 6.08 Å². The Morgan fingerprint density at radius 2 is 1.60 bits per heavy atom. The van der Waals surface area contributed by atoms with Gasteiger partial charge in [-0.1, -0.05) is 25.7 Å². The van der Waals surface area contributed by atoms with E-state index >= 15 is 0 Å². The second kappa shape index (κ2) is 12.5. The first-order valence-electron chi connectivity index (χ1n) is 3.84. The summed E-state index contributed by atoms with van der Waals surface area (Å²) in [6.45, 7) is 7.19.